The van der Waals surface area contributed by atoms with Gasteiger partial charge in [-0.15, -0.1) is 0 Å². The van der Waals surface area contributed by atoms with E-state index in [-0.39, 0.29) is 36.3 Å². The van der Waals surface area contributed by atoms with E-state index >= 15 is 0 Å². The van der Waals surface area contributed by atoms with Crippen molar-refractivity contribution in [3.05, 3.63) is 28.3 Å². The lowest BCUT2D eigenvalue weighted by atomic mass is 9.54. The predicted octanol–water partition coefficient (Wildman–Crippen LogP) is 0.0147. The lowest BCUT2D eigenvalue weighted by Gasteiger charge is -2.53. The van der Waals surface area contributed by atoms with Crippen LogP contribution in [0.5, 0.6) is 5.75 Å². The molecule has 0 aliphatic heterocycles. The van der Waals surface area contributed by atoms with Gasteiger partial charge < -0.3 is 36.0 Å². The normalized spacial score (nSPS) is 30.2. The molecule has 1 amide bonds. The van der Waals surface area contributed by atoms with Gasteiger partial charge in [0.15, 0.2) is 11.4 Å². The van der Waals surface area contributed by atoms with E-state index in [0.717, 1.165) is 0 Å². The van der Waals surface area contributed by atoms with Crippen LogP contribution in [0, 0.1) is 17.8 Å². The summed E-state index contributed by atoms with van der Waals surface area (Å²) in [5.41, 5.74) is 6.62. The molecule has 0 aromatic heterocycles. The van der Waals surface area contributed by atoms with Crippen LogP contribution in [0.15, 0.2) is 11.6 Å². The number of hydroxylamine groups is 1. The number of carbonyl (C=O) groups is 3. The summed E-state index contributed by atoms with van der Waals surface area (Å²) in [5, 5.41) is 45.6. The Morgan fingerprint density at radius 3 is 2.35 bits per heavy atom. The molecule has 220 valence electrons. The second kappa shape index (κ2) is 10.1. The maximum Gasteiger partial charge on any atom is 0.230 e. The molecule has 12 nitrogen and oxygen atoms in total. The SMILES string of the molecule is CN(C)c1cc(CNOC(C)(C)C)c(O)c2c1C[C@H]1C[C@H]3C(N(C)C)C(O)C(C(N)=O)C(=O)[C@@]3(O)C(=O)C1=C2O. The first kappa shape index (κ1) is 29.9. The Morgan fingerprint density at radius 2 is 1.82 bits per heavy atom. The fourth-order valence-electron chi connectivity index (χ4n) is 6.57. The number of likely N-dealkylation sites (N-methyl/N-ethyl adjacent to an activating group) is 1. The van der Waals surface area contributed by atoms with Gasteiger partial charge in [-0.25, -0.2) is 0 Å². The van der Waals surface area contributed by atoms with Crippen LogP contribution in [-0.4, -0.2) is 94.3 Å². The summed E-state index contributed by atoms with van der Waals surface area (Å²) in [6.07, 6.45) is -1.24. The van der Waals surface area contributed by atoms with Gasteiger partial charge in [0, 0.05) is 49.4 Å². The first-order valence-corrected chi connectivity index (χ1v) is 13.3. The zero-order valence-electron chi connectivity index (χ0n) is 24.0. The first-order chi connectivity index (χ1) is 18.4. The van der Waals surface area contributed by atoms with E-state index in [4.69, 9.17) is 10.6 Å². The Morgan fingerprint density at radius 1 is 1.20 bits per heavy atom. The summed E-state index contributed by atoms with van der Waals surface area (Å²) in [4.78, 5) is 48.7. The second-order valence-corrected chi connectivity index (χ2v) is 12.5. The number of phenols is 1. The molecular formula is C28H40N4O8. The number of hydrogen-bond donors (Lipinski definition) is 6. The third-order valence-corrected chi connectivity index (χ3v) is 8.27. The number of ketones is 2. The average Bonchev–Trinajstić information content (AvgIpc) is 2.81. The maximum absolute atomic E-state index is 14.0. The van der Waals surface area contributed by atoms with Gasteiger partial charge in [0.05, 0.1) is 17.3 Å². The molecule has 2 saturated carbocycles. The molecule has 0 heterocycles. The highest BCUT2D eigenvalue weighted by Crippen LogP contribution is 2.53. The van der Waals surface area contributed by atoms with E-state index < -0.39 is 64.3 Å². The highest BCUT2D eigenvalue weighted by Gasteiger charge is 2.67. The Kier molecular flexibility index (Phi) is 7.57. The Balaban J connectivity index is 1.88. The predicted molar refractivity (Wildman–Crippen MR) is 146 cm³/mol. The highest BCUT2D eigenvalue weighted by molar-refractivity contribution is 6.25. The fraction of sp³-hybridized carbons (Fsp3) is 0.607. The molecular weight excluding hydrogens is 520 g/mol. The molecule has 0 saturated heterocycles. The smallest absolute Gasteiger partial charge is 0.230 e. The molecule has 2 fully saturated rings. The number of nitrogens with two attached hydrogens (primary N) is 1. The van der Waals surface area contributed by atoms with Crippen molar-refractivity contribution < 1.29 is 39.6 Å². The summed E-state index contributed by atoms with van der Waals surface area (Å²) in [6.45, 7) is 5.66. The number of amides is 1. The number of phenolic OH excluding ortho intramolecular Hbond substituents is 1. The summed E-state index contributed by atoms with van der Waals surface area (Å²) in [6, 6.07) is 0.840. The molecule has 1 aromatic carbocycles. The molecule has 4 rings (SSSR count). The number of hydrogen-bond acceptors (Lipinski definition) is 11. The standard InChI is InChI=1S/C28H40N4O8/c1-27(2,3)40-30-11-13-10-16(31(4)5)14-8-12-9-15-20(32(6)7)23(35)19(26(29)38)25(37)28(15,39)24(36)17(12)22(34)18(14)21(13)33/h10,12,15,19-20,23,30,33-35,39H,8-9,11H2,1-7H3,(H2,29,38)/t12-,15-,19?,20?,23?,28-/m0/s1. The lowest BCUT2D eigenvalue weighted by Crippen LogP contribution is -2.73. The molecule has 1 aromatic rings. The van der Waals surface area contributed by atoms with Gasteiger partial charge in [-0.05, 0) is 65.3 Å². The molecule has 0 spiro atoms. The van der Waals surface area contributed by atoms with E-state index in [1.54, 1.807) is 25.1 Å². The average molecular weight is 561 g/mol. The van der Waals surface area contributed by atoms with Crippen molar-refractivity contribution in [1.29, 1.82) is 0 Å². The van der Waals surface area contributed by atoms with Crippen LogP contribution in [0.3, 0.4) is 0 Å². The molecule has 0 bridgehead atoms. The quantitative estimate of drug-likeness (QED) is 0.203. The summed E-state index contributed by atoms with van der Waals surface area (Å²) < 4.78 is 0. The van der Waals surface area contributed by atoms with Crippen LogP contribution < -0.4 is 16.1 Å². The van der Waals surface area contributed by atoms with E-state index in [2.05, 4.69) is 5.48 Å². The van der Waals surface area contributed by atoms with Crippen LogP contribution in [0.2, 0.25) is 0 Å². The summed E-state index contributed by atoms with van der Waals surface area (Å²) >= 11 is 0. The number of fused-ring (bicyclic) bond motifs is 3. The van der Waals surface area contributed by atoms with E-state index in [0.29, 0.717) is 16.8 Å². The van der Waals surface area contributed by atoms with Crippen molar-refractivity contribution in [3.8, 4) is 5.75 Å². The highest BCUT2D eigenvalue weighted by atomic mass is 16.7. The number of aliphatic hydroxyl groups is 3. The van der Waals surface area contributed by atoms with Crippen molar-refractivity contribution in [2.24, 2.45) is 23.5 Å². The Bertz CT molecular complexity index is 1280. The third kappa shape index (κ3) is 4.57. The fourth-order valence-corrected chi connectivity index (χ4v) is 6.57. The van der Waals surface area contributed by atoms with Crippen LogP contribution >= 0.6 is 0 Å². The number of aromatic hydroxyl groups is 1. The minimum Gasteiger partial charge on any atom is -0.507 e. The number of Topliss-reactive ketones (excluding diaryl/α,β-unsaturated/α-hetero) is 2. The van der Waals surface area contributed by atoms with Gasteiger partial charge in [-0.3, -0.25) is 19.2 Å². The molecule has 7 N–H and O–H groups in total. The van der Waals surface area contributed by atoms with Gasteiger partial charge in [0.1, 0.15) is 17.4 Å². The molecule has 0 radical (unpaired) electrons. The van der Waals surface area contributed by atoms with E-state index in [1.807, 2.05) is 39.8 Å². The molecule has 40 heavy (non-hydrogen) atoms. The zero-order valence-corrected chi connectivity index (χ0v) is 24.0. The lowest BCUT2D eigenvalue weighted by molar-refractivity contribution is -0.184. The number of carbonyl (C=O) groups excluding carboxylic acids is 3. The number of aliphatic hydroxyl groups excluding tert-OH is 2. The molecule has 3 aliphatic rings. The van der Waals surface area contributed by atoms with Gasteiger partial charge >= 0.3 is 0 Å². The number of primary amides is 1. The van der Waals surface area contributed by atoms with Crippen molar-refractivity contribution in [1.82, 2.24) is 10.4 Å². The Labute approximate surface area is 233 Å². The van der Waals surface area contributed by atoms with Crippen LogP contribution in [0.25, 0.3) is 5.76 Å². The van der Waals surface area contributed by atoms with Crippen LogP contribution in [-0.2, 0) is 32.2 Å². The largest absolute Gasteiger partial charge is 0.507 e. The van der Waals surface area contributed by atoms with E-state index in [1.165, 1.54) is 0 Å². The zero-order chi connectivity index (χ0) is 30.1. The second-order valence-electron chi connectivity index (χ2n) is 12.5. The van der Waals surface area contributed by atoms with Crippen molar-refractivity contribution in [2.45, 2.75) is 63.5 Å². The minimum absolute atomic E-state index is 0.0410. The molecule has 6 atom stereocenters. The molecule has 3 aliphatic carbocycles. The third-order valence-electron chi connectivity index (χ3n) is 8.27. The first-order valence-electron chi connectivity index (χ1n) is 13.3. The van der Waals surface area contributed by atoms with Gasteiger partial charge in [-0.2, -0.15) is 5.48 Å². The topological polar surface area (TPSA) is 186 Å². The van der Waals surface area contributed by atoms with Crippen LogP contribution in [0.4, 0.5) is 5.69 Å². The number of anilines is 1. The number of nitrogens with zero attached hydrogens (tertiary/aromatic N) is 2. The summed E-state index contributed by atoms with van der Waals surface area (Å²) in [7, 11) is 6.87. The summed E-state index contributed by atoms with van der Waals surface area (Å²) in [5.74, 6) is -7.66. The maximum atomic E-state index is 14.0. The Hall–Kier alpha value is -3.03. The minimum atomic E-state index is -2.69. The van der Waals surface area contributed by atoms with Crippen molar-refractivity contribution in [3.63, 3.8) is 0 Å². The van der Waals surface area contributed by atoms with Crippen LogP contribution in [0.1, 0.15) is 43.9 Å². The number of rotatable bonds is 6. The monoisotopic (exact) mass is 560 g/mol. The number of benzene rings is 1. The number of nitrogens with one attached hydrogen (secondary N) is 1. The molecule has 3 unspecified atom stereocenters. The van der Waals surface area contributed by atoms with Gasteiger partial charge in [-0.1, -0.05) is 0 Å². The van der Waals surface area contributed by atoms with E-state index in [9.17, 15) is 34.8 Å². The molecule has 12 heteroatoms. The van der Waals surface area contributed by atoms with Crippen molar-refractivity contribution >= 4 is 28.9 Å². The van der Waals surface area contributed by atoms with Crippen molar-refractivity contribution in [2.75, 3.05) is 33.1 Å². The van der Waals surface area contributed by atoms with Gasteiger partial charge in [0.2, 0.25) is 11.7 Å². The van der Waals surface area contributed by atoms with Gasteiger partial charge in [0.25, 0.3) is 0 Å².